The Balaban J connectivity index is 0.000000194. The number of rotatable bonds is 14. The second-order valence-corrected chi connectivity index (χ2v) is 18.1. The van der Waals surface area contributed by atoms with E-state index in [0.717, 1.165) is 34.5 Å². The van der Waals surface area contributed by atoms with E-state index in [2.05, 4.69) is 159 Å². The molecule has 2 unspecified atom stereocenters. The molecule has 0 spiro atoms. The van der Waals surface area contributed by atoms with Crippen LogP contribution in [0.15, 0.2) is 158 Å². The highest BCUT2D eigenvalue weighted by Gasteiger charge is 2.23. The minimum atomic E-state index is -0.648. The molecule has 0 saturated heterocycles. The zero-order valence-electron chi connectivity index (χ0n) is 29.4. The third kappa shape index (κ3) is 9.83. The normalized spacial score (nSPS) is 11.9. The third-order valence-corrected chi connectivity index (χ3v) is 15.1. The van der Waals surface area contributed by atoms with Crippen LogP contribution in [0.1, 0.15) is 25.0 Å². The molecule has 6 rings (SSSR count). The van der Waals surface area contributed by atoms with E-state index >= 15 is 0 Å². The standard InChI is InChI=1S/2C22H23OPS/c2*1-3-25-17-18-11-7-9-15-21(18)24(19-12-5-4-6-13-19)22-16-10-8-14-20(22)23-2/h2*4-16H,3,17H2,1-2H3. The first-order valence-electron chi connectivity index (χ1n) is 17.0. The molecule has 0 radical (unpaired) electrons. The molecule has 6 aromatic rings. The van der Waals surface area contributed by atoms with Gasteiger partial charge in [-0.05, 0) is 71.8 Å². The lowest BCUT2D eigenvalue weighted by atomic mass is 10.2. The molecule has 0 bridgehead atoms. The zero-order chi connectivity index (χ0) is 35.0. The molecular formula is C44H46O2P2S2. The van der Waals surface area contributed by atoms with E-state index in [1.165, 1.54) is 43.0 Å². The van der Waals surface area contributed by atoms with E-state index in [1.807, 2.05) is 35.7 Å². The Hall–Kier alpha value is -3.52. The fourth-order valence-corrected chi connectivity index (χ4v) is 12.5. The summed E-state index contributed by atoms with van der Waals surface area (Å²) in [6.45, 7) is 4.43. The quantitative estimate of drug-likeness (QED) is 0.104. The number of para-hydroxylation sites is 2. The van der Waals surface area contributed by atoms with Crippen LogP contribution in [-0.2, 0) is 11.5 Å². The molecular weight excluding hydrogens is 687 g/mol. The predicted molar refractivity (Wildman–Crippen MR) is 227 cm³/mol. The Morgan fingerprint density at radius 2 is 0.720 bits per heavy atom. The molecule has 0 aliphatic rings. The van der Waals surface area contributed by atoms with Crippen LogP contribution >= 0.6 is 39.4 Å². The summed E-state index contributed by atoms with van der Waals surface area (Å²) in [4.78, 5) is 0. The van der Waals surface area contributed by atoms with Gasteiger partial charge in [0, 0.05) is 22.1 Å². The van der Waals surface area contributed by atoms with Crippen molar-refractivity contribution >= 4 is 71.2 Å². The van der Waals surface area contributed by atoms with E-state index in [0.29, 0.717) is 0 Å². The van der Waals surface area contributed by atoms with Crippen molar-refractivity contribution in [3.05, 3.63) is 169 Å². The van der Waals surface area contributed by atoms with Gasteiger partial charge < -0.3 is 9.47 Å². The van der Waals surface area contributed by atoms with Crippen LogP contribution in [0, 0.1) is 0 Å². The molecule has 0 N–H and O–H groups in total. The Bertz CT molecular complexity index is 1750. The topological polar surface area (TPSA) is 18.5 Å². The summed E-state index contributed by atoms with van der Waals surface area (Å²) < 4.78 is 11.4. The summed E-state index contributed by atoms with van der Waals surface area (Å²) in [5.74, 6) is 6.30. The molecule has 0 saturated carbocycles. The Morgan fingerprint density at radius 3 is 1.08 bits per heavy atom. The average Bonchev–Trinajstić information content (AvgIpc) is 3.19. The molecule has 6 aromatic carbocycles. The number of thioether (sulfide) groups is 2. The average molecular weight is 733 g/mol. The van der Waals surface area contributed by atoms with Crippen LogP contribution in [0.25, 0.3) is 0 Å². The first-order valence-corrected chi connectivity index (χ1v) is 22.0. The van der Waals surface area contributed by atoms with Gasteiger partial charge in [-0.3, -0.25) is 0 Å². The van der Waals surface area contributed by atoms with Crippen molar-refractivity contribution in [1.29, 1.82) is 0 Å². The van der Waals surface area contributed by atoms with Gasteiger partial charge in [-0.1, -0.05) is 159 Å². The fraction of sp³-hybridized carbons (Fsp3) is 0.182. The van der Waals surface area contributed by atoms with Gasteiger partial charge in [0.1, 0.15) is 11.5 Å². The van der Waals surface area contributed by atoms with Crippen LogP contribution in [-0.4, -0.2) is 25.7 Å². The largest absolute Gasteiger partial charge is 0.496 e. The van der Waals surface area contributed by atoms with E-state index in [9.17, 15) is 0 Å². The number of methoxy groups -OCH3 is 2. The van der Waals surface area contributed by atoms with Gasteiger partial charge >= 0.3 is 0 Å². The summed E-state index contributed by atoms with van der Waals surface area (Å²) in [5, 5.41) is 8.12. The van der Waals surface area contributed by atoms with Crippen molar-refractivity contribution < 1.29 is 9.47 Å². The lowest BCUT2D eigenvalue weighted by Crippen LogP contribution is -2.24. The molecule has 0 aliphatic carbocycles. The SMILES string of the molecule is CCSCc1ccccc1P(c1ccccc1)c1ccccc1OC.CCSCc1ccccc1P(c1ccccc1)c1ccccc1OC. The van der Waals surface area contributed by atoms with Crippen LogP contribution in [0.2, 0.25) is 0 Å². The van der Waals surface area contributed by atoms with Gasteiger partial charge in [0.25, 0.3) is 0 Å². The Morgan fingerprint density at radius 1 is 0.400 bits per heavy atom. The number of hydrogen-bond donors (Lipinski definition) is 0. The van der Waals surface area contributed by atoms with Gasteiger partial charge in [-0.2, -0.15) is 23.5 Å². The van der Waals surface area contributed by atoms with E-state index in [1.54, 1.807) is 14.2 Å². The van der Waals surface area contributed by atoms with Crippen LogP contribution in [0.3, 0.4) is 0 Å². The lowest BCUT2D eigenvalue weighted by molar-refractivity contribution is 0.418. The van der Waals surface area contributed by atoms with Gasteiger partial charge in [0.15, 0.2) is 0 Å². The maximum atomic E-state index is 5.70. The van der Waals surface area contributed by atoms with Gasteiger partial charge in [0.2, 0.25) is 0 Å². The molecule has 2 atom stereocenters. The molecule has 50 heavy (non-hydrogen) atoms. The fourth-order valence-electron chi connectivity index (χ4n) is 5.73. The van der Waals surface area contributed by atoms with Crippen LogP contribution < -0.4 is 41.3 Å². The van der Waals surface area contributed by atoms with Crippen LogP contribution in [0.4, 0.5) is 0 Å². The van der Waals surface area contributed by atoms with Crippen molar-refractivity contribution in [3.63, 3.8) is 0 Å². The lowest BCUT2D eigenvalue weighted by Gasteiger charge is -2.23. The monoisotopic (exact) mass is 732 g/mol. The predicted octanol–water partition coefficient (Wildman–Crippen LogP) is 9.41. The van der Waals surface area contributed by atoms with E-state index in [-0.39, 0.29) is 0 Å². The second kappa shape index (κ2) is 20.4. The van der Waals surface area contributed by atoms with Gasteiger partial charge in [-0.25, -0.2) is 0 Å². The molecule has 0 fully saturated rings. The second-order valence-electron chi connectivity index (χ2n) is 11.2. The zero-order valence-corrected chi connectivity index (χ0v) is 32.8. The van der Waals surface area contributed by atoms with Gasteiger partial charge in [-0.15, -0.1) is 0 Å². The first kappa shape index (κ1) is 37.7. The van der Waals surface area contributed by atoms with E-state index in [4.69, 9.17) is 9.47 Å². The third-order valence-electron chi connectivity index (χ3n) is 8.07. The maximum Gasteiger partial charge on any atom is 0.127 e. The first-order chi connectivity index (χ1) is 24.7. The highest BCUT2D eigenvalue weighted by atomic mass is 32.2. The molecule has 2 nitrogen and oxygen atoms in total. The number of ether oxygens (including phenoxy) is 2. The van der Waals surface area contributed by atoms with Crippen molar-refractivity contribution in [2.75, 3.05) is 25.7 Å². The van der Waals surface area contributed by atoms with Crippen molar-refractivity contribution in [2.45, 2.75) is 25.4 Å². The van der Waals surface area contributed by atoms with Crippen molar-refractivity contribution in [3.8, 4) is 11.5 Å². The summed E-state index contributed by atoms with van der Waals surface area (Å²) in [6.07, 6.45) is 0. The Labute approximate surface area is 310 Å². The molecule has 256 valence electrons. The minimum absolute atomic E-state index is 0.648. The highest BCUT2D eigenvalue weighted by molar-refractivity contribution is 7.98. The van der Waals surface area contributed by atoms with E-state index < -0.39 is 15.8 Å². The maximum absolute atomic E-state index is 5.70. The summed E-state index contributed by atoms with van der Waals surface area (Å²) in [6, 6.07) is 56.2. The molecule has 6 heteroatoms. The smallest absolute Gasteiger partial charge is 0.127 e. The molecule has 0 aromatic heterocycles. The summed E-state index contributed by atoms with van der Waals surface area (Å²) >= 11 is 3.94. The Kier molecular flexibility index (Phi) is 15.4. The number of hydrogen-bond acceptors (Lipinski definition) is 4. The molecule has 0 aliphatic heterocycles. The summed E-state index contributed by atoms with van der Waals surface area (Å²) in [5.41, 5.74) is 2.85. The highest BCUT2D eigenvalue weighted by Crippen LogP contribution is 2.39. The molecule has 0 heterocycles. The van der Waals surface area contributed by atoms with Crippen molar-refractivity contribution in [1.82, 2.24) is 0 Å². The van der Waals surface area contributed by atoms with Crippen molar-refractivity contribution in [2.24, 2.45) is 0 Å². The van der Waals surface area contributed by atoms with Crippen LogP contribution in [0.5, 0.6) is 11.5 Å². The summed E-state index contributed by atoms with van der Waals surface area (Å²) in [7, 11) is 2.22. The minimum Gasteiger partial charge on any atom is -0.496 e. The molecule has 0 amide bonds. The van der Waals surface area contributed by atoms with Gasteiger partial charge in [0.05, 0.1) is 14.2 Å². The number of benzene rings is 6.